The third-order valence-corrected chi connectivity index (χ3v) is 4.15. The van der Waals surface area contributed by atoms with Crippen LogP contribution in [0.4, 0.5) is 8.78 Å². The molecule has 0 aliphatic rings. The van der Waals surface area contributed by atoms with Gasteiger partial charge in [0, 0.05) is 5.56 Å². The van der Waals surface area contributed by atoms with E-state index in [1.807, 2.05) is 12.1 Å². The van der Waals surface area contributed by atoms with Crippen molar-refractivity contribution >= 4 is 28.1 Å². The van der Waals surface area contributed by atoms with E-state index in [1.54, 1.807) is 6.07 Å². The van der Waals surface area contributed by atoms with E-state index in [2.05, 4.69) is 47.2 Å². The number of carbonyl (C=O) groups is 1. The van der Waals surface area contributed by atoms with Crippen LogP contribution < -0.4 is 10.2 Å². The summed E-state index contributed by atoms with van der Waals surface area (Å²) in [7, 11) is 0. The summed E-state index contributed by atoms with van der Waals surface area (Å²) in [6.45, 7) is 6.03. The average Bonchev–Trinajstić information content (AvgIpc) is 2.56. The van der Waals surface area contributed by atoms with Gasteiger partial charge in [-0.2, -0.15) is 5.10 Å². The van der Waals surface area contributed by atoms with Crippen molar-refractivity contribution in [3.63, 3.8) is 0 Å². The number of halogens is 3. The number of nitrogens with one attached hydrogen (secondary N) is 1. The maximum absolute atomic E-state index is 13.4. The fourth-order valence-electron chi connectivity index (χ4n) is 2.05. The average molecular weight is 425 g/mol. The minimum Gasteiger partial charge on any atom is -0.483 e. The second-order valence-electron chi connectivity index (χ2n) is 6.62. The fourth-order valence-corrected chi connectivity index (χ4v) is 2.55. The van der Waals surface area contributed by atoms with Crippen molar-refractivity contribution in [2.24, 2.45) is 5.10 Å². The molecule has 2 aromatic carbocycles. The largest absolute Gasteiger partial charge is 0.483 e. The molecule has 0 spiro atoms. The molecule has 0 fully saturated rings. The third kappa shape index (κ3) is 5.36. The highest BCUT2D eigenvalue weighted by atomic mass is 79.9. The van der Waals surface area contributed by atoms with Gasteiger partial charge < -0.3 is 4.74 Å². The molecule has 0 saturated heterocycles. The molecular formula is C19H19BrF2N2O2. The molecule has 26 heavy (non-hydrogen) atoms. The van der Waals surface area contributed by atoms with E-state index >= 15 is 0 Å². The number of benzene rings is 2. The molecule has 2 aromatic rings. The number of hydrazone groups is 1. The Balaban J connectivity index is 1.91. The quantitative estimate of drug-likeness (QED) is 0.565. The van der Waals surface area contributed by atoms with Crippen LogP contribution in [-0.4, -0.2) is 18.7 Å². The predicted octanol–water partition coefficient (Wildman–Crippen LogP) is 4.55. The molecule has 0 atom stereocenters. The summed E-state index contributed by atoms with van der Waals surface area (Å²) in [4.78, 5) is 11.8. The van der Waals surface area contributed by atoms with E-state index in [1.165, 1.54) is 12.1 Å². The van der Waals surface area contributed by atoms with Crippen molar-refractivity contribution < 1.29 is 18.3 Å². The molecule has 138 valence electrons. The van der Waals surface area contributed by atoms with E-state index < -0.39 is 17.5 Å². The molecule has 1 amide bonds. The van der Waals surface area contributed by atoms with Crippen molar-refractivity contribution in [1.82, 2.24) is 5.43 Å². The lowest BCUT2D eigenvalue weighted by molar-refractivity contribution is -0.123. The minimum atomic E-state index is -1.02. The number of carbonyl (C=O) groups excluding carboxylic acids is 1. The van der Waals surface area contributed by atoms with Gasteiger partial charge in [0.25, 0.3) is 5.91 Å². The van der Waals surface area contributed by atoms with Gasteiger partial charge in [0.2, 0.25) is 0 Å². The number of hydrogen-bond acceptors (Lipinski definition) is 3. The summed E-state index contributed by atoms with van der Waals surface area (Å²) in [6, 6.07) is 9.36. The first kappa shape index (κ1) is 20.0. The molecular weight excluding hydrogens is 406 g/mol. The van der Waals surface area contributed by atoms with Crippen LogP contribution in [-0.2, 0) is 10.2 Å². The highest BCUT2D eigenvalue weighted by Gasteiger charge is 2.15. The van der Waals surface area contributed by atoms with Crippen molar-refractivity contribution in [1.29, 1.82) is 0 Å². The standard InChI is InChI=1S/C19H19BrF2N2O2/c1-19(2,3)13-7-8-16(14(20)9-13)26-11-17(25)24-23-10-12-5-4-6-15(21)18(12)22/h4-10H,11H2,1-3H3,(H,24,25). The van der Waals surface area contributed by atoms with E-state index in [0.717, 1.165) is 22.3 Å². The first-order chi connectivity index (χ1) is 12.2. The maximum atomic E-state index is 13.4. The summed E-state index contributed by atoms with van der Waals surface area (Å²) in [6.07, 6.45) is 1.03. The van der Waals surface area contributed by atoms with Gasteiger partial charge in [-0.15, -0.1) is 0 Å². The smallest absolute Gasteiger partial charge is 0.277 e. The Morgan fingerprint density at radius 2 is 2.00 bits per heavy atom. The molecule has 0 unspecified atom stereocenters. The number of nitrogens with zero attached hydrogens (tertiary/aromatic N) is 1. The van der Waals surface area contributed by atoms with E-state index in [-0.39, 0.29) is 17.6 Å². The summed E-state index contributed by atoms with van der Waals surface area (Å²) >= 11 is 3.42. The second kappa shape index (κ2) is 8.40. The van der Waals surface area contributed by atoms with Crippen LogP contribution in [0.15, 0.2) is 46.0 Å². The van der Waals surface area contributed by atoms with Crippen LogP contribution in [0.2, 0.25) is 0 Å². The Morgan fingerprint density at radius 1 is 1.27 bits per heavy atom. The molecule has 0 radical (unpaired) electrons. The molecule has 0 aromatic heterocycles. The molecule has 2 rings (SSSR count). The first-order valence-electron chi connectivity index (χ1n) is 7.87. The Morgan fingerprint density at radius 3 is 2.65 bits per heavy atom. The van der Waals surface area contributed by atoms with Crippen LogP contribution in [0.1, 0.15) is 31.9 Å². The normalized spacial score (nSPS) is 11.6. The van der Waals surface area contributed by atoms with Gasteiger partial charge in [-0.05, 0) is 45.1 Å². The number of hydrogen-bond donors (Lipinski definition) is 1. The zero-order valence-corrected chi connectivity index (χ0v) is 16.2. The van der Waals surface area contributed by atoms with Crippen LogP contribution in [0.3, 0.4) is 0 Å². The third-order valence-electron chi connectivity index (χ3n) is 3.53. The summed E-state index contributed by atoms with van der Waals surface area (Å²) < 4.78 is 32.7. The molecule has 0 bridgehead atoms. The SMILES string of the molecule is CC(C)(C)c1ccc(OCC(=O)NN=Cc2cccc(F)c2F)c(Br)c1. The lowest BCUT2D eigenvalue weighted by atomic mass is 9.87. The highest BCUT2D eigenvalue weighted by molar-refractivity contribution is 9.10. The zero-order chi connectivity index (χ0) is 19.3. The maximum Gasteiger partial charge on any atom is 0.277 e. The Labute approximate surface area is 159 Å². The summed E-state index contributed by atoms with van der Waals surface area (Å²) in [5, 5.41) is 3.60. The molecule has 7 heteroatoms. The van der Waals surface area contributed by atoms with E-state index in [4.69, 9.17) is 4.74 Å². The van der Waals surface area contributed by atoms with Gasteiger partial charge in [0.15, 0.2) is 18.2 Å². The Kier molecular flexibility index (Phi) is 6.47. The van der Waals surface area contributed by atoms with Crippen molar-refractivity contribution in [3.8, 4) is 5.75 Å². The number of amides is 1. The first-order valence-corrected chi connectivity index (χ1v) is 8.66. The van der Waals surface area contributed by atoms with Crippen molar-refractivity contribution in [2.75, 3.05) is 6.61 Å². The van der Waals surface area contributed by atoms with Crippen LogP contribution in [0.5, 0.6) is 5.75 Å². The Hall–Kier alpha value is -2.28. The van der Waals surface area contributed by atoms with Crippen LogP contribution >= 0.6 is 15.9 Å². The van der Waals surface area contributed by atoms with Crippen molar-refractivity contribution in [2.45, 2.75) is 26.2 Å². The molecule has 4 nitrogen and oxygen atoms in total. The molecule has 0 aliphatic heterocycles. The van der Waals surface area contributed by atoms with Crippen LogP contribution in [0, 0.1) is 11.6 Å². The van der Waals surface area contributed by atoms with Gasteiger partial charge in [-0.1, -0.05) is 39.0 Å². The van der Waals surface area contributed by atoms with Crippen molar-refractivity contribution in [3.05, 3.63) is 63.6 Å². The van der Waals surface area contributed by atoms with E-state index in [9.17, 15) is 13.6 Å². The van der Waals surface area contributed by atoms with Gasteiger partial charge in [-0.25, -0.2) is 14.2 Å². The van der Waals surface area contributed by atoms with Gasteiger partial charge in [0.05, 0.1) is 10.7 Å². The number of ether oxygens (including phenoxy) is 1. The van der Waals surface area contributed by atoms with Crippen LogP contribution in [0.25, 0.3) is 0 Å². The summed E-state index contributed by atoms with van der Waals surface area (Å²) in [5.74, 6) is -2.00. The fraction of sp³-hybridized carbons (Fsp3) is 0.263. The molecule has 0 heterocycles. The summed E-state index contributed by atoms with van der Waals surface area (Å²) in [5.41, 5.74) is 3.27. The predicted molar refractivity (Wildman–Crippen MR) is 100 cm³/mol. The molecule has 0 aliphatic carbocycles. The minimum absolute atomic E-state index is 0.000669. The lowest BCUT2D eigenvalue weighted by Gasteiger charge is -2.20. The van der Waals surface area contributed by atoms with E-state index in [0.29, 0.717) is 5.75 Å². The molecule has 0 saturated carbocycles. The lowest BCUT2D eigenvalue weighted by Crippen LogP contribution is -2.24. The topological polar surface area (TPSA) is 50.7 Å². The zero-order valence-electron chi connectivity index (χ0n) is 14.6. The molecule has 1 N–H and O–H groups in total. The van der Waals surface area contributed by atoms with Gasteiger partial charge in [0.1, 0.15) is 5.75 Å². The highest BCUT2D eigenvalue weighted by Crippen LogP contribution is 2.31. The van der Waals surface area contributed by atoms with Gasteiger partial charge >= 0.3 is 0 Å². The monoisotopic (exact) mass is 424 g/mol. The number of rotatable bonds is 5. The van der Waals surface area contributed by atoms with Gasteiger partial charge in [-0.3, -0.25) is 4.79 Å². The Bertz CT molecular complexity index is 833. The second-order valence-corrected chi connectivity index (χ2v) is 7.47.